The van der Waals surface area contributed by atoms with Gasteiger partial charge in [0, 0.05) is 28.9 Å². The average Bonchev–Trinajstić information content (AvgIpc) is 3.02. The molecule has 0 spiro atoms. The van der Waals surface area contributed by atoms with E-state index in [0.29, 0.717) is 0 Å². The van der Waals surface area contributed by atoms with Crippen LogP contribution in [-0.4, -0.2) is 4.57 Å². The minimum absolute atomic E-state index is 1.07. The quantitative estimate of drug-likeness (QED) is 0.351. The molecule has 0 aliphatic heterocycles. The fraction of sp³-hybridized carbons (Fsp3) is 0.360. The Labute approximate surface area is 158 Å². The molecular formula is C25H33N. The zero-order chi connectivity index (χ0) is 19.3. The van der Waals surface area contributed by atoms with E-state index in [4.69, 9.17) is 0 Å². The first-order chi connectivity index (χ1) is 12.7. The standard InChI is InChI=1S/C21H21N.2C2H6/c1-4-14-10-11-18-19(12-14)22(3)20-13-15(5-2)16-8-6-7-9-17(16)21(18)20;2*1-2/h6-13H,4-5H2,1-3H3;2*1-2H3. The fourth-order valence-corrected chi connectivity index (χ4v) is 3.69. The number of hydrogen-bond acceptors (Lipinski definition) is 0. The molecule has 4 rings (SSSR count). The molecule has 138 valence electrons. The maximum absolute atomic E-state index is 2.38. The Hall–Kier alpha value is -2.28. The Morgan fingerprint density at radius 2 is 1.35 bits per heavy atom. The molecule has 0 atom stereocenters. The van der Waals surface area contributed by atoms with Gasteiger partial charge in [-0.15, -0.1) is 0 Å². The Balaban J connectivity index is 0.000000570. The lowest BCUT2D eigenvalue weighted by molar-refractivity contribution is 1.01. The van der Waals surface area contributed by atoms with Crippen LogP contribution in [0.2, 0.25) is 0 Å². The Morgan fingerprint density at radius 1 is 0.692 bits per heavy atom. The third kappa shape index (κ3) is 3.23. The zero-order valence-corrected chi connectivity index (χ0v) is 17.5. The molecule has 0 bridgehead atoms. The van der Waals surface area contributed by atoms with Crippen molar-refractivity contribution in [3.05, 3.63) is 59.7 Å². The number of aromatic nitrogens is 1. The lowest BCUT2D eigenvalue weighted by Crippen LogP contribution is -1.90. The van der Waals surface area contributed by atoms with Gasteiger partial charge in [-0.1, -0.05) is 77.9 Å². The molecule has 1 heteroatoms. The molecule has 0 saturated carbocycles. The average molecular weight is 348 g/mol. The molecule has 0 radical (unpaired) electrons. The third-order valence-corrected chi connectivity index (χ3v) is 4.95. The molecule has 3 aromatic carbocycles. The van der Waals surface area contributed by atoms with Gasteiger partial charge in [0.25, 0.3) is 0 Å². The van der Waals surface area contributed by atoms with Crippen molar-refractivity contribution in [1.82, 2.24) is 4.57 Å². The summed E-state index contributed by atoms with van der Waals surface area (Å²) in [6.45, 7) is 12.5. The largest absolute Gasteiger partial charge is 0.344 e. The summed E-state index contributed by atoms with van der Waals surface area (Å²) in [6.07, 6.45) is 2.15. The summed E-state index contributed by atoms with van der Waals surface area (Å²) in [4.78, 5) is 0. The Bertz CT molecular complexity index is 1010. The van der Waals surface area contributed by atoms with E-state index in [0.717, 1.165) is 12.8 Å². The number of fused-ring (bicyclic) bond motifs is 5. The van der Waals surface area contributed by atoms with Crippen LogP contribution in [0.5, 0.6) is 0 Å². The third-order valence-electron chi connectivity index (χ3n) is 4.95. The minimum atomic E-state index is 1.07. The lowest BCUT2D eigenvalue weighted by Gasteiger charge is -2.07. The second-order valence-corrected chi connectivity index (χ2v) is 6.09. The Morgan fingerprint density at radius 3 is 1.96 bits per heavy atom. The van der Waals surface area contributed by atoms with E-state index in [1.807, 2.05) is 27.7 Å². The van der Waals surface area contributed by atoms with Crippen molar-refractivity contribution >= 4 is 32.6 Å². The Kier molecular flexibility index (Phi) is 6.85. The number of hydrogen-bond donors (Lipinski definition) is 0. The van der Waals surface area contributed by atoms with E-state index in [1.165, 1.54) is 43.7 Å². The SMILES string of the molecule is CC.CC.CCc1ccc2c3c4ccccc4c(CC)cc3n(C)c2c1. The van der Waals surface area contributed by atoms with Crippen LogP contribution < -0.4 is 0 Å². The summed E-state index contributed by atoms with van der Waals surface area (Å²) in [5.41, 5.74) is 5.52. The van der Waals surface area contributed by atoms with Crippen LogP contribution in [0.25, 0.3) is 32.6 Å². The summed E-state index contributed by atoms with van der Waals surface area (Å²) in [7, 11) is 2.19. The smallest absolute Gasteiger partial charge is 0.0498 e. The maximum Gasteiger partial charge on any atom is 0.0498 e. The molecule has 4 aromatic rings. The van der Waals surface area contributed by atoms with Crippen molar-refractivity contribution in [2.45, 2.75) is 54.4 Å². The summed E-state index contributed by atoms with van der Waals surface area (Å²) in [5.74, 6) is 0. The lowest BCUT2D eigenvalue weighted by atomic mass is 9.97. The van der Waals surface area contributed by atoms with Gasteiger partial charge in [-0.25, -0.2) is 0 Å². The molecule has 0 aliphatic rings. The minimum Gasteiger partial charge on any atom is -0.344 e. The molecule has 0 unspecified atom stereocenters. The summed E-state index contributed by atoms with van der Waals surface area (Å²) in [6, 6.07) is 18.1. The molecule has 26 heavy (non-hydrogen) atoms. The van der Waals surface area contributed by atoms with Gasteiger partial charge in [0.2, 0.25) is 0 Å². The first kappa shape index (κ1) is 20.0. The number of aryl methyl sites for hydroxylation is 3. The van der Waals surface area contributed by atoms with E-state index < -0.39 is 0 Å². The topological polar surface area (TPSA) is 4.93 Å². The predicted molar refractivity (Wildman–Crippen MR) is 119 cm³/mol. The second-order valence-electron chi connectivity index (χ2n) is 6.09. The maximum atomic E-state index is 2.38. The molecule has 0 saturated heterocycles. The van der Waals surface area contributed by atoms with Crippen LogP contribution >= 0.6 is 0 Å². The number of benzene rings is 3. The molecule has 0 amide bonds. The van der Waals surface area contributed by atoms with Gasteiger partial charge in [-0.3, -0.25) is 0 Å². The van der Waals surface area contributed by atoms with Crippen molar-refractivity contribution in [2.24, 2.45) is 7.05 Å². The summed E-state index contributed by atoms with van der Waals surface area (Å²) < 4.78 is 2.36. The van der Waals surface area contributed by atoms with Gasteiger partial charge in [0.1, 0.15) is 0 Å². The second kappa shape index (κ2) is 8.89. The molecule has 0 N–H and O–H groups in total. The van der Waals surface area contributed by atoms with Crippen LogP contribution in [0, 0.1) is 0 Å². The first-order valence-electron chi connectivity index (χ1n) is 10.2. The van der Waals surface area contributed by atoms with Gasteiger partial charge in [0.15, 0.2) is 0 Å². The van der Waals surface area contributed by atoms with Crippen LogP contribution in [0.1, 0.15) is 52.7 Å². The normalized spacial score (nSPS) is 10.4. The van der Waals surface area contributed by atoms with Crippen molar-refractivity contribution in [3.63, 3.8) is 0 Å². The van der Waals surface area contributed by atoms with E-state index in [2.05, 4.69) is 74.0 Å². The monoisotopic (exact) mass is 347 g/mol. The van der Waals surface area contributed by atoms with Gasteiger partial charge >= 0.3 is 0 Å². The number of rotatable bonds is 2. The molecule has 1 nitrogen and oxygen atoms in total. The van der Waals surface area contributed by atoms with Crippen LogP contribution in [0.4, 0.5) is 0 Å². The van der Waals surface area contributed by atoms with E-state index in [1.54, 1.807) is 0 Å². The van der Waals surface area contributed by atoms with Gasteiger partial charge < -0.3 is 4.57 Å². The highest BCUT2D eigenvalue weighted by molar-refractivity contribution is 6.21. The highest BCUT2D eigenvalue weighted by Gasteiger charge is 2.13. The van der Waals surface area contributed by atoms with Crippen LogP contribution in [-0.2, 0) is 19.9 Å². The van der Waals surface area contributed by atoms with Crippen LogP contribution in [0.3, 0.4) is 0 Å². The van der Waals surface area contributed by atoms with Crippen LogP contribution in [0.15, 0.2) is 48.5 Å². The van der Waals surface area contributed by atoms with Gasteiger partial charge in [-0.05, 0) is 46.9 Å². The predicted octanol–water partition coefficient (Wildman–Crippen LogP) is 7.66. The summed E-state index contributed by atoms with van der Waals surface area (Å²) in [5, 5.41) is 5.54. The molecule has 1 aromatic heterocycles. The molecular weight excluding hydrogens is 314 g/mol. The summed E-state index contributed by atoms with van der Waals surface area (Å²) >= 11 is 0. The highest BCUT2D eigenvalue weighted by atomic mass is 14.9. The van der Waals surface area contributed by atoms with Gasteiger partial charge in [-0.2, -0.15) is 0 Å². The first-order valence-corrected chi connectivity index (χ1v) is 10.2. The van der Waals surface area contributed by atoms with Gasteiger partial charge in [0.05, 0.1) is 0 Å². The van der Waals surface area contributed by atoms with E-state index in [9.17, 15) is 0 Å². The van der Waals surface area contributed by atoms with Crippen molar-refractivity contribution in [3.8, 4) is 0 Å². The molecule has 0 aliphatic carbocycles. The highest BCUT2D eigenvalue weighted by Crippen LogP contribution is 2.36. The van der Waals surface area contributed by atoms with Crippen molar-refractivity contribution < 1.29 is 0 Å². The van der Waals surface area contributed by atoms with Crippen molar-refractivity contribution in [1.29, 1.82) is 0 Å². The molecule has 0 fully saturated rings. The van der Waals surface area contributed by atoms with Crippen molar-refractivity contribution in [2.75, 3.05) is 0 Å². The van der Waals surface area contributed by atoms with E-state index in [-0.39, 0.29) is 0 Å². The number of nitrogens with zero attached hydrogens (tertiary/aromatic N) is 1. The van der Waals surface area contributed by atoms with E-state index >= 15 is 0 Å². The fourth-order valence-electron chi connectivity index (χ4n) is 3.69. The zero-order valence-electron chi connectivity index (χ0n) is 17.5. The molecule has 1 heterocycles.